The molecule has 0 rings (SSSR count). The zero-order valence-electron chi connectivity index (χ0n) is 8.93. The summed E-state index contributed by atoms with van der Waals surface area (Å²) in [5.41, 5.74) is 2.64. The van der Waals surface area contributed by atoms with Crippen LogP contribution in [-0.2, 0) is 8.85 Å². The van der Waals surface area contributed by atoms with E-state index in [1.807, 2.05) is 0 Å². The molecular weight excluding hydrogens is 184 g/mol. The molecule has 0 aromatic carbocycles. The predicted octanol–water partition coefficient (Wildman–Crippen LogP) is 0.985. The van der Waals surface area contributed by atoms with E-state index in [4.69, 9.17) is 14.7 Å². The lowest BCUT2D eigenvalue weighted by atomic mass is 10.3. The molecule has 13 heavy (non-hydrogen) atoms. The first-order valence-corrected chi connectivity index (χ1v) is 7.01. The van der Waals surface area contributed by atoms with Gasteiger partial charge in [0.05, 0.1) is 0 Å². The van der Waals surface area contributed by atoms with Gasteiger partial charge in [0.2, 0.25) is 0 Å². The Hall–Kier alpha value is 0.0569. The summed E-state index contributed by atoms with van der Waals surface area (Å²) in [6.45, 7) is 2.99. The fraction of sp³-hybridized carbons (Fsp3) is 1.00. The summed E-state index contributed by atoms with van der Waals surface area (Å²) in [7, 11) is 1.66. The molecule has 0 aromatic rings. The van der Waals surface area contributed by atoms with Gasteiger partial charge in [-0.15, -0.1) is 0 Å². The number of hydrogen-bond acceptors (Lipinski definition) is 4. The van der Waals surface area contributed by atoms with Gasteiger partial charge >= 0.3 is 8.56 Å². The second kappa shape index (κ2) is 7.46. The van der Waals surface area contributed by atoms with Crippen LogP contribution in [0.3, 0.4) is 0 Å². The third-order valence-electron chi connectivity index (χ3n) is 2.41. The average molecular weight is 206 g/mol. The van der Waals surface area contributed by atoms with Crippen LogP contribution < -0.4 is 11.3 Å². The summed E-state index contributed by atoms with van der Waals surface area (Å²) in [5, 5.41) is 0. The molecule has 0 aliphatic heterocycles. The monoisotopic (exact) mass is 206 g/mol. The van der Waals surface area contributed by atoms with E-state index in [1.165, 1.54) is 0 Å². The van der Waals surface area contributed by atoms with Crippen molar-refractivity contribution in [1.29, 1.82) is 0 Å². The van der Waals surface area contributed by atoms with Crippen LogP contribution in [0.1, 0.15) is 19.8 Å². The van der Waals surface area contributed by atoms with Crippen LogP contribution >= 0.6 is 0 Å². The molecule has 0 spiro atoms. The molecule has 0 aromatic heterocycles. The largest absolute Gasteiger partial charge is 0.398 e. The molecule has 3 N–H and O–H groups in total. The molecular formula is C8H22N2O2Si. The number of unbranched alkanes of at least 4 members (excludes halogenated alkanes) is 1. The van der Waals surface area contributed by atoms with Crippen molar-refractivity contribution in [3.05, 3.63) is 0 Å². The zero-order chi connectivity index (χ0) is 10.2. The van der Waals surface area contributed by atoms with E-state index in [9.17, 15) is 0 Å². The van der Waals surface area contributed by atoms with Gasteiger partial charge in [-0.1, -0.05) is 13.3 Å². The van der Waals surface area contributed by atoms with E-state index in [0.29, 0.717) is 0 Å². The fourth-order valence-corrected chi connectivity index (χ4v) is 3.67. The van der Waals surface area contributed by atoms with Crippen molar-refractivity contribution in [2.24, 2.45) is 5.84 Å². The maximum absolute atomic E-state index is 5.48. The number of nitrogens with two attached hydrogens (primary N) is 1. The number of rotatable bonds is 8. The van der Waals surface area contributed by atoms with Crippen molar-refractivity contribution in [2.75, 3.05) is 20.8 Å². The van der Waals surface area contributed by atoms with Crippen LogP contribution in [0.2, 0.25) is 12.1 Å². The minimum Gasteiger partial charge on any atom is -0.398 e. The summed E-state index contributed by atoms with van der Waals surface area (Å²) in [6.07, 6.45) is 2.20. The molecule has 5 heteroatoms. The second-order valence-corrected chi connectivity index (χ2v) is 6.93. The van der Waals surface area contributed by atoms with Crippen LogP contribution in [0.15, 0.2) is 0 Å². The first-order valence-electron chi connectivity index (χ1n) is 4.78. The Morgan fingerprint density at radius 2 is 1.85 bits per heavy atom. The third-order valence-corrected chi connectivity index (χ3v) is 6.09. The quantitative estimate of drug-likeness (QED) is 0.269. The molecule has 0 saturated heterocycles. The van der Waals surface area contributed by atoms with Crippen molar-refractivity contribution < 1.29 is 8.85 Å². The Morgan fingerprint density at radius 1 is 1.23 bits per heavy atom. The molecule has 0 unspecified atom stereocenters. The standard InChI is InChI=1S/C8H22N2O2Si/c1-4-13(11-2,12-3)8-6-5-7-10-9/h10H,4-9H2,1-3H3. The average Bonchev–Trinajstić information content (AvgIpc) is 2.20. The first kappa shape index (κ1) is 13.1. The van der Waals surface area contributed by atoms with Gasteiger partial charge in [0.1, 0.15) is 0 Å². The third kappa shape index (κ3) is 4.73. The summed E-state index contributed by atoms with van der Waals surface area (Å²) in [5.74, 6) is 5.17. The number of hydrazine groups is 1. The highest BCUT2D eigenvalue weighted by Gasteiger charge is 2.31. The summed E-state index contributed by atoms with van der Waals surface area (Å²) < 4.78 is 11.0. The topological polar surface area (TPSA) is 56.5 Å². The smallest absolute Gasteiger partial charge is 0.337 e. The van der Waals surface area contributed by atoms with Gasteiger partial charge in [-0.2, -0.15) is 0 Å². The Morgan fingerprint density at radius 3 is 2.23 bits per heavy atom. The van der Waals surface area contributed by atoms with E-state index in [1.54, 1.807) is 14.2 Å². The summed E-state index contributed by atoms with van der Waals surface area (Å²) in [4.78, 5) is 0. The van der Waals surface area contributed by atoms with Gasteiger partial charge in [0, 0.05) is 20.8 Å². The second-order valence-electron chi connectivity index (χ2n) is 3.08. The lowest BCUT2D eigenvalue weighted by molar-refractivity contribution is 0.241. The van der Waals surface area contributed by atoms with Crippen molar-refractivity contribution in [1.82, 2.24) is 5.43 Å². The van der Waals surface area contributed by atoms with E-state index >= 15 is 0 Å². The molecule has 4 nitrogen and oxygen atoms in total. The molecule has 0 saturated carbocycles. The fourth-order valence-electron chi connectivity index (χ4n) is 1.37. The molecule has 0 aliphatic carbocycles. The van der Waals surface area contributed by atoms with Gasteiger partial charge in [0.15, 0.2) is 0 Å². The molecule has 0 amide bonds. The van der Waals surface area contributed by atoms with Crippen LogP contribution in [-0.4, -0.2) is 29.3 Å². The van der Waals surface area contributed by atoms with E-state index < -0.39 is 8.56 Å². The highest BCUT2D eigenvalue weighted by Crippen LogP contribution is 2.19. The normalized spacial score (nSPS) is 12.0. The van der Waals surface area contributed by atoms with Gasteiger partial charge in [-0.3, -0.25) is 11.3 Å². The Labute approximate surface area is 82.0 Å². The predicted molar refractivity (Wildman–Crippen MR) is 56.5 cm³/mol. The Kier molecular flexibility index (Phi) is 7.49. The lowest BCUT2D eigenvalue weighted by Gasteiger charge is -2.25. The minimum absolute atomic E-state index is 0.863. The molecule has 80 valence electrons. The van der Waals surface area contributed by atoms with Crippen LogP contribution in [0, 0.1) is 0 Å². The molecule has 0 radical (unpaired) electrons. The number of nitrogens with one attached hydrogen (secondary N) is 1. The first-order chi connectivity index (χ1) is 6.24. The zero-order valence-corrected chi connectivity index (χ0v) is 9.93. The van der Waals surface area contributed by atoms with E-state index in [-0.39, 0.29) is 0 Å². The van der Waals surface area contributed by atoms with Crippen molar-refractivity contribution >= 4 is 8.56 Å². The molecule has 0 fully saturated rings. The van der Waals surface area contributed by atoms with Gasteiger partial charge in [-0.25, -0.2) is 0 Å². The summed E-state index contributed by atoms with van der Waals surface area (Å²) in [6, 6.07) is 2.06. The Balaban J connectivity index is 3.68. The SMILES string of the molecule is CC[Si](CCCCNN)(OC)OC. The Bertz CT molecular complexity index is 112. The van der Waals surface area contributed by atoms with Gasteiger partial charge in [-0.05, 0) is 18.5 Å². The van der Waals surface area contributed by atoms with Crippen LogP contribution in [0.5, 0.6) is 0 Å². The van der Waals surface area contributed by atoms with Gasteiger partial charge in [0.25, 0.3) is 0 Å². The van der Waals surface area contributed by atoms with Crippen molar-refractivity contribution in [3.63, 3.8) is 0 Å². The molecule has 0 aliphatic rings. The van der Waals surface area contributed by atoms with E-state index in [0.717, 1.165) is 31.5 Å². The summed E-state index contributed by atoms with van der Waals surface area (Å²) >= 11 is 0. The maximum atomic E-state index is 5.48. The number of hydrogen-bond donors (Lipinski definition) is 2. The lowest BCUT2D eigenvalue weighted by Crippen LogP contribution is -2.39. The molecule has 0 bridgehead atoms. The minimum atomic E-state index is -1.84. The highest BCUT2D eigenvalue weighted by atomic mass is 28.4. The van der Waals surface area contributed by atoms with Gasteiger partial charge < -0.3 is 8.85 Å². The highest BCUT2D eigenvalue weighted by molar-refractivity contribution is 6.67. The van der Waals surface area contributed by atoms with Crippen LogP contribution in [0.25, 0.3) is 0 Å². The molecule has 0 heterocycles. The maximum Gasteiger partial charge on any atom is 0.337 e. The molecule has 0 atom stereocenters. The van der Waals surface area contributed by atoms with Crippen molar-refractivity contribution in [2.45, 2.75) is 31.9 Å². The van der Waals surface area contributed by atoms with E-state index in [2.05, 4.69) is 12.3 Å². The van der Waals surface area contributed by atoms with Crippen LogP contribution in [0.4, 0.5) is 0 Å². The van der Waals surface area contributed by atoms with Crippen molar-refractivity contribution in [3.8, 4) is 0 Å².